The third kappa shape index (κ3) is 6.05. The van der Waals surface area contributed by atoms with Crippen LogP contribution in [-0.2, 0) is 12.8 Å². The highest BCUT2D eigenvalue weighted by molar-refractivity contribution is 7.15. The molecule has 0 saturated carbocycles. The highest BCUT2D eigenvalue weighted by Gasteiger charge is 2.11. The van der Waals surface area contributed by atoms with Crippen LogP contribution in [-0.4, -0.2) is 4.98 Å². The van der Waals surface area contributed by atoms with Crippen molar-refractivity contribution in [3.8, 4) is 10.4 Å². The van der Waals surface area contributed by atoms with Gasteiger partial charge in [-0.2, -0.15) is 0 Å². The van der Waals surface area contributed by atoms with E-state index in [1.807, 2.05) is 11.3 Å². The molecule has 0 N–H and O–H groups in total. The van der Waals surface area contributed by atoms with Gasteiger partial charge < -0.3 is 0 Å². The van der Waals surface area contributed by atoms with Crippen LogP contribution < -0.4 is 0 Å². The lowest BCUT2D eigenvalue weighted by Gasteiger charge is -2.04. The van der Waals surface area contributed by atoms with Crippen molar-refractivity contribution in [2.75, 3.05) is 0 Å². The molecular formula is C22H33NS. The molecule has 0 aliphatic heterocycles. The fourth-order valence-electron chi connectivity index (χ4n) is 3.11. The maximum atomic E-state index is 4.51. The Kier molecular flexibility index (Phi) is 8.52. The van der Waals surface area contributed by atoms with E-state index in [2.05, 4.69) is 50.2 Å². The zero-order valence-corrected chi connectivity index (χ0v) is 16.6. The van der Waals surface area contributed by atoms with Gasteiger partial charge >= 0.3 is 0 Å². The minimum Gasteiger partial charge on any atom is -0.261 e. The molecule has 0 amide bonds. The standard InChI is InChI=1S/C22H33NS/c1-4-6-8-10-12-19-16-21(13-11-9-7-5-2)24-22(19)20-15-14-18(3)23-17-20/h14-17H,4-13H2,1-3H3. The van der Waals surface area contributed by atoms with E-state index in [4.69, 9.17) is 0 Å². The first-order chi connectivity index (χ1) is 11.7. The quantitative estimate of drug-likeness (QED) is 0.388. The second-order valence-corrected chi connectivity index (χ2v) is 8.01. The molecule has 2 aromatic rings. The van der Waals surface area contributed by atoms with Gasteiger partial charge in [0.25, 0.3) is 0 Å². The number of unbranched alkanes of at least 4 members (excludes halogenated alkanes) is 6. The van der Waals surface area contributed by atoms with Gasteiger partial charge in [-0.3, -0.25) is 4.98 Å². The Morgan fingerprint density at radius 1 is 0.875 bits per heavy atom. The van der Waals surface area contributed by atoms with Crippen LogP contribution in [0.25, 0.3) is 10.4 Å². The summed E-state index contributed by atoms with van der Waals surface area (Å²) in [6.45, 7) is 6.62. The molecule has 0 aromatic carbocycles. The summed E-state index contributed by atoms with van der Waals surface area (Å²) in [6.07, 6.45) is 15.2. The number of hydrogen-bond acceptors (Lipinski definition) is 2. The Morgan fingerprint density at radius 3 is 2.21 bits per heavy atom. The highest BCUT2D eigenvalue weighted by Crippen LogP contribution is 2.34. The molecule has 132 valence electrons. The molecule has 0 atom stereocenters. The fourth-order valence-corrected chi connectivity index (χ4v) is 4.35. The van der Waals surface area contributed by atoms with Crippen LogP contribution in [0.1, 0.15) is 81.3 Å². The van der Waals surface area contributed by atoms with Gasteiger partial charge in [-0.15, -0.1) is 11.3 Å². The zero-order valence-electron chi connectivity index (χ0n) is 15.7. The van der Waals surface area contributed by atoms with Gasteiger partial charge in [0.1, 0.15) is 0 Å². The van der Waals surface area contributed by atoms with Gasteiger partial charge in [-0.25, -0.2) is 0 Å². The summed E-state index contributed by atoms with van der Waals surface area (Å²) in [5.41, 5.74) is 3.95. The fraction of sp³-hybridized carbons (Fsp3) is 0.591. The number of rotatable bonds is 11. The number of nitrogens with zero attached hydrogens (tertiary/aromatic N) is 1. The maximum Gasteiger partial charge on any atom is 0.0393 e. The molecule has 0 aliphatic rings. The van der Waals surface area contributed by atoms with Gasteiger partial charge in [-0.05, 0) is 50.3 Å². The number of pyridine rings is 1. The van der Waals surface area contributed by atoms with Crippen molar-refractivity contribution in [2.24, 2.45) is 0 Å². The lowest BCUT2D eigenvalue weighted by atomic mass is 10.0. The van der Waals surface area contributed by atoms with Crippen LogP contribution in [0.5, 0.6) is 0 Å². The second-order valence-electron chi connectivity index (χ2n) is 6.88. The minimum absolute atomic E-state index is 1.10. The Bertz CT molecular complexity index is 583. The molecule has 0 aliphatic carbocycles. The van der Waals surface area contributed by atoms with E-state index in [9.17, 15) is 0 Å². The average Bonchev–Trinajstić information content (AvgIpc) is 2.99. The van der Waals surface area contributed by atoms with Crippen molar-refractivity contribution in [3.63, 3.8) is 0 Å². The van der Waals surface area contributed by atoms with E-state index < -0.39 is 0 Å². The van der Waals surface area contributed by atoms with Crippen LogP contribution in [0.2, 0.25) is 0 Å². The number of aromatic nitrogens is 1. The summed E-state index contributed by atoms with van der Waals surface area (Å²) in [4.78, 5) is 7.53. The minimum atomic E-state index is 1.10. The van der Waals surface area contributed by atoms with Crippen molar-refractivity contribution in [2.45, 2.75) is 85.0 Å². The molecule has 0 unspecified atom stereocenters. The topological polar surface area (TPSA) is 12.9 Å². The van der Waals surface area contributed by atoms with Crippen LogP contribution >= 0.6 is 11.3 Å². The van der Waals surface area contributed by atoms with Crippen molar-refractivity contribution in [3.05, 3.63) is 40.5 Å². The molecule has 0 bridgehead atoms. The summed E-state index contributed by atoms with van der Waals surface area (Å²) in [5.74, 6) is 0. The predicted octanol–water partition coefficient (Wildman–Crippen LogP) is 7.36. The van der Waals surface area contributed by atoms with Crippen molar-refractivity contribution in [1.29, 1.82) is 0 Å². The maximum absolute atomic E-state index is 4.51. The monoisotopic (exact) mass is 343 g/mol. The van der Waals surface area contributed by atoms with E-state index in [1.54, 1.807) is 10.4 Å². The first-order valence-corrected chi connectivity index (χ1v) is 10.6. The smallest absolute Gasteiger partial charge is 0.0393 e. The first kappa shape index (κ1) is 19.2. The van der Waals surface area contributed by atoms with E-state index in [0.29, 0.717) is 0 Å². The molecule has 0 fully saturated rings. The van der Waals surface area contributed by atoms with Crippen molar-refractivity contribution < 1.29 is 0 Å². The normalized spacial score (nSPS) is 11.1. The van der Waals surface area contributed by atoms with Crippen LogP contribution in [0.15, 0.2) is 24.4 Å². The largest absolute Gasteiger partial charge is 0.261 e. The zero-order chi connectivity index (χ0) is 17.2. The van der Waals surface area contributed by atoms with Crippen LogP contribution in [0.3, 0.4) is 0 Å². The Labute approximate surface area is 152 Å². The van der Waals surface area contributed by atoms with Crippen LogP contribution in [0.4, 0.5) is 0 Å². The summed E-state index contributed by atoms with van der Waals surface area (Å²) >= 11 is 2.00. The Balaban J connectivity index is 2.09. The number of thiophene rings is 1. The third-order valence-corrected chi connectivity index (χ3v) is 5.90. The van der Waals surface area contributed by atoms with Gasteiger partial charge in [0.05, 0.1) is 0 Å². The molecule has 2 heterocycles. The SMILES string of the molecule is CCCCCCc1cc(CCCCCC)c(-c2ccc(C)nc2)s1. The van der Waals surface area contributed by atoms with Gasteiger partial charge in [0.2, 0.25) is 0 Å². The lowest BCUT2D eigenvalue weighted by molar-refractivity contribution is 0.665. The van der Waals surface area contributed by atoms with Gasteiger partial charge in [0, 0.05) is 27.2 Å². The molecule has 1 nitrogen and oxygen atoms in total. The summed E-state index contributed by atoms with van der Waals surface area (Å²) in [7, 11) is 0. The molecule has 2 heteroatoms. The molecule has 0 saturated heterocycles. The number of hydrogen-bond donors (Lipinski definition) is 0. The highest BCUT2D eigenvalue weighted by atomic mass is 32.1. The average molecular weight is 344 g/mol. The molecule has 0 spiro atoms. The number of aryl methyl sites for hydroxylation is 3. The van der Waals surface area contributed by atoms with E-state index in [1.165, 1.54) is 74.6 Å². The molecule has 2 rings (SSSR count). The summed E-state index contributed by atoms with van der Waals surface area (Å²) < 4.78 is 0. The molecule has 2 aromatic heterocycles. The summed E-state index contributed by atoms with van der Waals surface area (Å²) in [6, 6.07) is 6.86. The van der Waals surface area contributed by atoms with Gasteiger partial charge in [-0.1, -0.05) is 58.4 Å². The predicted molar refractivity (Wildman–Crippen MR) is 108 cm³/mol. The first-order valence-electron chi connectivity index (χ1n) is 9.79. The Morgan fingerprint density at radius 2 is 1.58 bits per heavy atom. The second kappa shape index (κ2) is 10.7. The molecule has 0 radical (unpaired) electrons. The van der Waals surface area contributed by atoms with Gasteiger partial charge in [0.15, 0.2) is 0 Å². The van der Waals surface area contributed by atoms with Crippen LogP contribution in [0, 0.1) is 6.92 Å². The van der Waals surface area contributed by atoms with Crippen molar-refractivity contribution in [1.82, 2.24) is 4.98 Å². The summed E-state index contributed by atoms with van der Waals surface area (Å²) in [5, 5.41) is 0. The molecule has 24 heavy (non-hydrogen) atoms. The Hall–Kier alpha value is -1.15. The van der Waals surface area contributed by atoms with E-state index in [0.717, 1.165) is 5.69 Å². The third-order valence-electron chi connectivity index (χ3n) is 4.61. The van der Waals surface area contributed by atoms with E-state index >= 15 is 0 Å². The molecular weight excluding hydrogens is 310 g/mol. The van der Waals surface area contributed by atoms with E-state index in [-0.39, 0.29) is 0 Å². The van der Waals surface area contributed by atoms with Crippen molar-refractivity contribution >= 4 is 11.3 Å². The lowest BCUT2D eigenvalue weighted by Crippen LogP contribution is -1.88.